The average molecular weight is 168 g/mol. The molecule has 3 atom stereocenters. The first-order valence-electron chi connectivity index (χ1n) is 4.42. The normalized spacial score (nSPS) is 35.0. The quantitative estimate of drug-likeness (QED) is 0.642. The molecule has 1 aliphatic carbocycles. The summed E-state index contributed by atoms with van der Waals surface area (Å²) < 4.78 is 0. The van der Waals surface area contributed by atoms with Crippen molar-refractivity contribution >= 4 is 5.97 Å². The van der Waals surface area contributed by atoms with Gasteiger partial charge in [-0.15, -0.1) is 0 Å². The molecule has 0 amide bonds. The Hall–Kier alpha value is -0.790. The second-order valence-corrected chi connectivity index (χ2v) is 3.87. The molecule has 0 bridgehead atoms. The van der Waals surface area contributed by atoms with Crippen molar-refractivity contribution in [1.29, 1.82) is 0 Å². The number of hydrogen-bond donors (Lipinski definition) is 1. The molecule has 2 heteroatoms. The molecule has 1 aliphatic rings. The molecule has 0 heterocycles. The van der Waals surface area contributed by atoms with Crippen LogP contribution >= 0.6 is 0 Å². The molecule has 1 saturated carbocycles. The second kappa shape index (κ2) is 3.30. The Kier molecular flexibility index (Phi) is 2.55. The minimum Gasteiger partial charge on any atom is -0.481 e. The number of carboxylic acid groups (broad SMARTS) is 1. The highest BCUT2D eigenvalue weighted by atomic mass is 16.4. The van der Waals surface area contributed by atoms with Gasteiger partial charge in [-0.2, -0.15) is 0 Å². The molecule has 68 valence electrons. The van der Waals surface area contributed by atoms with E-state index in [0.29, 0.717) is 5.92 Å². The molecular formula is C10H16O2. The van der Waals surface area contributed by atoms with Crippen LogP contribution in [0.5, 0.6) is 0 Å². The van der Waals surface area contributed by atoms with E-state index in [-0.39, 0.29) is 11.8 Å². The lowest BCUT2D eigenvalue weighted by molar-refractivity contribution is -0.143. The van der Waals surface area contributed by atoms with Crippen molar-refractivity contribution < 1.29 is 9.90 Å². The lowest BCUT2D eigenvalue weighted by Crippen LogP contribution is -2.23. The first-order valence-corrected chi connectivity index (χ1v) is 4.42. The van der Waals surface area contributed by atoms with Crippen molar-refractivity contribution in [3.63, 3.8) is 0 Å². The van der Waals surface area contributed by atoms with Crippen LogP contribution in [0.4, 0.5) is 0 Å². The van der Waals surface area contributed by atoms with Gasteiger partial charge in [0, 0.05) is 0 Å². The van der Waals surface area contributed by atoms with Gasteiger partial charge in [0.05, 0.1) is 5.92 Å². The molecule has 0 aromatic carbocycles. The highest BCUT2D eigenvalue weighted by Crippen LogP contribution is 2.40. The fourth-order valence-electron chi connectivity index (χ4n) is 2.17. The molecule has 0 saturated heterocycles. The third-order valence-corrected chi connectivity index (χ3v) is 2.90. The molecule has 0 aromatic rings. The molecule has 0 radical (unpaired) electrons. The third kappa shape index (κ3) is 1.52. The molecular weight excluding hydrogens is 152 g/mol. The molecule has 2 nitrogen and oxygen atoms in total. The zero-order valence-electron chi connectivity index (χ0n) is 7.71. The van der Waals surface area contributed by atoms with Crippen LogP contribution in [-0.2, 0) is 4.79 Å². The predicted octanol–water partition coefficient (Wildman–Crippen LogP) is 2.31. The van der Waals surface area contributed by atoms with Crippen LogP contribution in [0.2, 0.25) is 0 Å². The van der Waals surface area contributed by atoms with Crippen LogP contribution in [0, 0.1) is 17.8 Å². The van der Waals surface area contributed by atoms with Crippen LogP contribution in [0.15, 0.2) is 12.2 Å². The summed E-state index contributed by atoms with van der Waals surface area (Å²) in [7, 11) is 0. The summed E-state index contributed by atoms with van der Waals surface area (Å²) in [5.74, 6) is -0.336. The van der Waals surface area contributed by atoms with E-state index < -0.39 is 5.97 Å². The van der Waals surface area contributed by atoms with E-state index in [9.17, 15) is 4.79 Å². The zero-order chi connectivity index (χ0) is 9.30. The molecule has 12 heavy (non-hydrogen) atoms. The van der Waals surface area contributed by atoms with Gasteiger partial charge >= 0.3 is 5.97 Å². The van der Waals surface area contributed by atoms with E-state index in [0.717, 1.165) is 18.4 Å². The Morgan fingerprint density at radius 2 is 2.08 bits per heavy atom. The van der Waals surface area contributed by atoms with Gasteiger partial charge in [-0.1, -0.05) is 19.1 Å². The SMILES string of the molecule is C=C(C)[C@H]1CC[C@H](C)[C@H]1C(=O)O. The monoisotopic (exact) mass is 168 g/mol. The number of aliphatic carboxylic acids is 1. The lowest BCUT2D eigenvalue weighted by Gasteiger charge is -2.18. The van der Waals surface area contributed by atoms with Crippen LogP contribution < -0.4 is 0 Å². The van der Waals surface area contributed by atoms with Crippen molar-refractivity contribution in [2.75, 3.05) is 0 Å². The van der Waals surface area contributed by atoms with Gasteiger partial charge in [-0.05, 0) is 31.6 Å². The van der Waals surface area contributed by atoms with E-state index in [1.807, 2.05) is 13.8 Å². The Morgan fingerprint density at radius 1 is 1.50 bits per heavy atom. The number of hydrogen-bond acceptors (Lipinski definition) is 1. The molecule has 0 unspecified atom stereocenters. The van der Waals surface area contributed by atoms with Crippen molar-refractivity contribution in [2.24, 2.45) is 17.8 Å². The number of rotatable bonds is 2. The van der Waals surface area contributed by atoms with Crippen molar-refractivity contribution in [1.82, 2.24) is 0 Å². The lowest BCUT2D eigenvalue weighted by atomic mass is 9.87. The van der Waals surface area contributed by atoms with Gasteiger partial charge in [0.1, 0.15) is 0 Å². The van der Waals surface area contributed by atoms with Gasteiger partial charge in [0.2, 0.25) is 0 Å². The number of carbonyl (C=O) groups is 1. The molecule has 0 spiro atoms. The van der Waals surface area contributed by atoms with Gasteiger partial charge in [0.15, 0.2) is 0 Å². The maximum absolute atomic E-state index is 10.9. The van der Waals surface area contributed by atoms with E-state index in [2.05, 4.69) is 6.58 Å². The summed E-state index contributed by atoms with van der Waals surface area (Å²) in [4.78, 5) is 10.9. The van der Waals surface area contributed by atoms with Crippen LogP contribution in [0.25, 0.3) is 0 Å². The van der Waals surface area contributed by atoms with Gasteiger partial charge in [-0.3, -0.25) is 4.79 Å². The molecule has 0 aromatic heterocycles. The summed E-state index contributed by atoms with van der Waals surface area (Å²) in [6.07, 6.45) is 2.02. The van der Waals surface area contributed by atoms with Crippen molar-refractivity contribution in [3.8, 4) is 0 Å². The van der Waals surface area contributed by atoms with Crippen molar-refractivity contribution in [3.05, 3.63) is 12.2 Å². The predicted molar refractivity (Wildman–Crippen MR) is 47.8 cm³/mol. The molecule has 1 rings (SSSR count). The summed E-state index contributed by atoms with van der Waals surface area (Å²) in [6, 6.07) is 0. The van der Waals surface area contributed by atoms with Crippen molar-refractivity contribution in [2.45, 2.75) is 26.7 Å². The minimum absolute atomic E-state index is 0.192. The maximum Gasteiger partial charge on any atom is 0.307 e. The largest absolute Gasteiger partial charge is 0.481 e. The molecule has 1 N–H and O–H groups in total. The Labute approximate surface area is 73.3 Å². The maximum atomic E-state index is 10.9. The highest BCUT2D eigenvalue weighted by molar-refractivity contribution is 5.71. The molecule has 0 aliphatic heterocycles. The van der Waals surface area contributed by atoms with Gasteiger partial charge in [0.25, 0.3) is 0 Å². The van der Waals surface area contributed by atoms with Gasteiger partial charge < -0.3 is 5.11 Å². The smallest absolute Gasteiger partial charge is 0.307 e. The fraction of sp³-hybridized carbons (Fsp3) is 0.700. The first kappa shape index (κ1) is 9.30. The Balaban J connectivity index is 2.77. The fourth-order valence-corrected chi connectivity index (χ4v) is 2.17. The summed E-state index contributed by atoms with van der Waals surface area (Å²) in [5.41, 5.74) is 1.02. The average Bonchev–Trinajstić information content (AvgIpc) is 2.30. The van der Waals surface area contributed by atoms with E-state index in [1.165, 1.54) is 0 Å². The zero-order valence-corrected chi connectivity index (χ0v) is 7.71. The van der Waals surface area contributed by atoms with E-state index in [1.54, 1.807) is 0 Å². The topological polar surface area (TPSA) is 37.3 Å². The van der Waals surface area contributed by atoms with Crippen LogP contribution in [-0.4, -0.2) is 11.1 Å². The third-order valence-electron chi connectivity index (χ3n) is 2.90. The number of allylic oxidation sites excluding steroid dienone is 1. The van der Waals surface area contributed by atoms with E-state index in [4.69, 9.17) is 5.11 Å². The highest BCUT2D eigenvalue weighted by Gasteiger charge is 2.38. The van der Waals surface area contributed by atoms with Gasteiger partial charge in [-0.25, -0.2) is 0 Å². The minimum atomic E-state index is -0.659. The number of carboxylic acids is 1. The summed E-state index contributed by atoms with van der Waals surface area (Å²) in [6.45, 7) is 7.79. The summed E-state index contributed by atoms with van der Waals surface area (Å²) in [5, 5.41) is 8.96. The van der Waals surface area contributed by atoms with Crippen LogP contribution in [0.3, 0.4) is 0 Å². The Morgan fingerprint density at radius 3 is 2.42 bits per heavy atom. The molecule has 1 fully saturated rings. The summed E-state index contributed by atoms with van der Waals surface area (Å²) >= 11 is 0. The first-order chi connectivity index (χ1) is 5.54. The second-order valence-electron chi connectivity index (χ2n) is 3.87. The Bertz CT molecular complexity index is 208. The standard InChI is InChI=1S/C10H16O2/c1-6(2)8-5-4-7(3)9(8)10(11)12/h7-9H,1,4-5H2,2-3H3,(H,11,12)/t7-,8+,9+/m0/s1. The van der Waals surface area contributed by atoms with E-state index >= 15 is 0 Å². The van der Waals surface area contributed by atoms with Crippen LogP contribution in [0.1, 0.15) is 26.7 Å².